The zero-order chi connectivity index (χ0) is 18.8. The number of amides is 1. The molecule has 3 heterocycles. The van der Waals surface area contributed by atoms with Crippen LogP contribution in [-0.4, -0.2) is 39.9 Å². The molecule has 1 aliphatic heterocycles. The van der Waals surface area contributed by atoms with E-state index in [0.717, 1.165) is 34.7 Å². The first-order valence-corrected chi connectivity index (χ1v) is 9.31. The van der Waals surface area contributed by atoms with Crippen LogP contribution < -0.4 is 5.32 Å². The number of aromatic nitrogens is 3. The molecular weight excluding hydrogens is 344 g/mol. The lowest BCUT2D eigenvalue weighted by Crippen LogP contribution is -2.40. The summed E-state index contributed by atoms with van der Waals surface area (Å²) in [5.41, 5.74) is 2.89. The number of hydrogen-bond donors (Lipinski definition) is 1. The van der Waals surface area contributed by atoms with Crippen LogP contribution in [0, 0.1) is 19.8 Å². The Morgan fingerprint density at radius 2 is 2.15 bits per heavy atom. The molecule has 0 spiro atoms. The third kappa shape index (κ3) is 3.88. The third-order valence-electron chi connectivity index (χ3n) is 5.09. The Labute approximate surface area is 157 Å². The van der Waals surface area contributed by atoms with Crippen molar-refractivity contribution in [3.05, 3.63) is 47.6 Å². The smallest absolute Gasteiger partial charge is 0.222 e. The molecule has 1 N–H and O–H groups in total. The lowest BCUT2D eigenvalue weighted by Gasteiger charge is -2.18. The second kappa shape index (κ2) is 7.52. The van der Waals surface area contributed by atoms with Crippen LogP contribution in [0.4, 0.5) is 0 Å². The van der Waals surface area contributed by atoms with Crippen molar-refractivity contribution in [1.29, 1.82) is 0 Å². The molecule has 1 aliphatic rings. The standard InChI is InChI=1S/C20H24N4O3/c1-13-9-16(27-23-13)10-15-11-26-12-18(15)22-20(25)7-8-24-14(2)21-17-5-3-4-6-19(17)24/h3-6,9,15,18H,7-8,10-12H2,1-2H3,(H,22,25). The number of benzene rings is 1. The van der Waals surface area contributed by atoms with E-state index in [2.05, 4.69) is 20.0 Å². The largest absolute Gasteiger partial charge is 0.379 e. The summed E-state index contributed by atoms with van der Waals surface area (Å²) in [6.07, 6.45) is 1.13. The molecule has 3 aromatic rings. The Bertz CT molecular complexity index is 946. The fraction of sp³-hybridized carbons (Fsp3) is 0.450. The van der Waals surface area contributed by atoms with Gasteiger partial charge in [0.15, 0.2) is 0 Å². The molecule has 1 amide bonds. The number of imidazole rings is 1. The first-order valence-electron chi connectivity index (χ1n) is 9.31. The van der Waals surface area contributed by atoms with E-state index in [1.165, 1.54) is 0 Å². The second-order valence-corrected chi connectivity index (χ2v) is 7.16. The highest BCUT2D eigenvalue weighted by atomic mass is 16.5. The van der Waals surface area contributed by atoms with Gasteiger partial charge in [0.25, 0.3) is 0 Å². The van der Waals surface area contributed by atoms with Crippen molar-refractivity contribution in [3.63, 3.8) is 0 Å². The highest BCUT2D eigenvalue weighted by Crippen LogP contribution is 2.20. The van der Waals surface area contributed by atoms with Crippen LogP contribution in [-0.2, 0) is 22.5 Å². The number of nitrogens with zero attached hydrogens (tertiary/aromatic N) is 3. The summed E-state index contributed by atoms with van der Waals surface area (Å²) in [4.78, 5) is 17.1. The van der Waals surface area contributed by atoms with Gasteiger partial charge in [0.2, 0.25) is 5.91 Å². The normalized spacial score (nSPS) is 19.6. The maximum Gasteiger partial charge on any atom is 0.222 e. The van der Waals surface area contributed by atoms with Crippen LogP contribution in [0.3, 0.4) is 0 Å². The number of aryl methyl sites for hydroxylation is 3. The van der Waals surface area contributed by atoms with E-state index in [1.54, 1.807) is 0 Å². The first-order chi connectivity index (χ1) is 13.1. The van der Waals surface area contributed by atoms with E-state index < -0.39 is 0 Å². The number of hydrogen-bond acceptors (Lipinski definition) is 5. The van der Waals surface area contributed by atoms with E-state index in [0.29, 0.717) is 26.2 Å². The van der Waals surface area contributed by atoms with Crippen molar-refractivity contribution in [3.8, 4) is 0 Å². The molecule has 0 radical (unpaired) electrons. The van der Waals surface area contributed by atoms with Gasteiger partial charge < -0.3 is 19.1 Å². The van der Waals surface area contributed by atoms with Crippen molar-refractivity contribution in [2.75, 3.05) is 13.2 Å². The predicted molar refractivity (Wildman–Crippen MR) is 100 cm³/mol. The first kappa shape index (κ1) is 17.7. The number of ether oxygens (including phenoxy) is 1. The molecule has 0 saturated carbocycles. The summed E-state index contributed by atoms with van der Waals surface area (Å²) < 4.78 is 13.0. The lowest BCUT2D eigenvalue weighted by atomic mass is 9.98. The van der Waals surface area contributed by atoms with Crippen molar-refractivity contribution in [2.45, 2.75) is 39.3 Å². The lowest BCUT2D eigenvalue weighted by molar-refractivity contribution is -0.122. The molecule has 1 fully saturated rings. The van der Waals surface area contributed by atoms with E-state index in [9.17, 15) is 4.79 Å². The Morgan fingerprint density at radius 3 is 2.96 bits per heavy atom. The second-order valence-electron chi connectivity index (χ2n) is 7.16. The Kier molecular flexibility index (Phi) is 4.94. The van der Waals surface area contributed by atoms with Crippen molar-refractivity contribution in [2.24, 2.45) is 5.92 Å². The van der Waals surface area contributed by atoms with Crippen molar-refractivity contribution in [1.82, 2.24) is 20.0 Å². The van der Waals surface area contributed by atoms with Gasteiger partial charge in [0.1, 0.15) is 11.6 Å². The zero-order valence-electron chi connectivity index (χ0n) is 15.6. The van der Waals surface area contributed by atoms with Crippen LogP contribution in [0.25, 0.3) is 11.0 Å². The summed E-state index contributed by atoms with van der Waals surface area (Å²) in [6.45, 7) is 5.64. The molecule has 1 aromatic carbocycles. The number of para-hydroxylation sites is 2. The van der Waals surface area contributed by atoms with Gasteiger partial charge in [-0.05, 0) is 26.0 Å². The van der Waals surface area contributed by atoms with Gasteiger partial charge in [-0.15, -0.1) is 0 Å². The Hall–Kier alpha value is -2.67. The molecule has 2 aromatic heterocycles. The summed E-state index contributed by atoms with van der Waals surface area (Å²) in [5, 5.41) is 7.05. The van der Waals surface area contributed by atoms with E-state index in [4.69, 9.17) is 9.26 Å². The topological polar surface area (TPSA) is 82.2 Å². The molecule has 7 nitrogen and oxygen atoms in total. The number of fused-ring (bicyclic) bond motifs is 1. The molecule has 2 unspecified atom stereocenters. The fourth-order valence-electron chi connectivity index (χ4n) is 3.70. The van der Waals surface area contributed by atoms with Crippen molar-refractivity contribution < 1.29 is 14.1 Å². The molecule has 7 heteroatoms. The summed E-state index contributed by atoms with van der Waals surface area (Å²) >= 11 is 0. The van der Waals surface area contributed by atoms with Gasteiger partial charge in [-0.3, -0.25) is 4.79 Å². The zero-order valence-corrected chi connectivity index (χ0v) is 15.6. The Balaban J connectivity index is 1.35. The van der Waals surface area contributed by atoms with Crippen molar-refractivity contribution >= 4 is 16.9 Å². The average molecular weight is 368 g/mol. The Morgan fingerprint density at radius 1 is 1.30 bits per heavy atom. The van der Waals surface area contributed by atoms with Gasteiger partial charge in [0.05, 0.1) is 36.0 Å². The van der Waals surface area contributed by atoms with Gasteiger partial charge >= 0.3 is 0 Å². The monoisotopic (exact) mass is 368 g/mol. The average Bonchev–Trinajstić information content (AvgIpc) is 3.33. The van der Waals surface area contributed by atoms with E-state index in [-0.39, 0.29) is 17.9 Å². The minimum absolute atomic E-state index is 0.00327. The maximum absolute atomic E-state index is 12.5. The molecule has 0 aliphatic carbocycles. The minimum atomic E-state index is 0.00327. The van der Waals surface area contributed by atoms with Crippen LogP contribution in [0.5, 0.6) is 0 Å². The van der Waals surface area contributed by atoms with Gasteiger partial charge in [-0.1, -0.05) is 17.3 Å². The third-order valence-corrected chi connectivity index (χ3v) is 5.09. The quantitative estimate of drug-likeness (QED) is 0.722. The molecular formula is C20H24N4O3. The highest BCUT2D eigenvalue weighted by molar-refractivity contribution is 5.78. The van der Waals surface area contributed by atoms with Gasteiger partial charge in [0, 0.05) is 31.4 Å². The van der Waals surface area contributed by atoms with Crippen LogP contribution in [0.1, 0.15) is 23.7 Å². The number of rotatable bonds is 6. The maximum atomic E-state index is 12.5. The summed E-state index contributed by atoms with van der Waals surface area (Å²) in [5.74, 6) is 1.99. The molecule has 142 valence electrons. The van der Waals surface area contributed by atoms with Crippen LogP contribution in [0.2, 0.25) is 0 Å². The molecule has 0 bridgehead atoms. The number of nitrogens with one attached hydrogen (secondary N) is 1. The van der Waals surface area contributed by atoms with E-state index in [1.807, 2.05) is 44.2 Å². The number of carbonyl (C=O) groups excluding carboxylic acids is 1. The minimum Gasteiger partial charge on any atom is -0.379 e. The van der Waals surface area contributed by atoms with E-state index >= 15 is 0 Å². The summed E-state index contributed by atoms with van der Waals surface area (Å²) in [6, 6.07) is 9.93. The SMILES string of the molecule is Cc1cc(CC2COCC2NC(=O)CCn2c(C)nc3ccccc32)on1. The van der Waals surface area contributed by atoms with Crippen LogP contribution in [0.15, 0.2) is 34.9 Å². The fourth-order valence-corrected chi connectivity index (χ4v) is 3.70. The summed E-state index contributed by atoms with van der Waals surface area (Å²) in [7, 11) is 0. The van der Waals surface area contributed by atoms with Crippen LogP contribution >= 0.6 is 0 Å². The molecule has 27 heavy (non-hydrogen) atoms. The number of carbonyl (C=O) groups is 1. The van der Waals surface area contributed by atoms with Gasteiger partial charge in [-0.25, -0.2) is 4.98 Å². The highest BCUT2D eigenvalue weighted by Gasteiger charge is 2.30. The van der Waals surface area contributed by atoms with Gasteiger partial charge in [-0.2, -0.15) is 0 Å². The predicted octanol–water partition coefficient (Wildman–Crippen LogP) is 2.41. The molecule has 1 saturated heterocycles. The molecule has 4 rings (SSSR count). The molecule has 2 atom stereocenters.